The van der Waals surface area contributed by atoms with Crippen molar-refractivity contribution in [2.45, 2.75) is 31.4 Å². The SMILES string of the molecule is CC(OC(=O)NC(C([NH])=O)(c1ccc(O)cc1)c1cccs1)C1CC1. The van der Waals surface area contributed by atoms with Gasteiger partial charge < -0.3 is 9.84 Å². The second kappa shape index (κ2) is 6.76. The Bertz CT molecular complexity index is 756. The van der Waals surface area contributed by atoms with Crippen molar-refractivity contribution in [2.75, 3.05) is 0 Å². The molecule has 25 heavy (non-hydrogen) atoms. The highest BCUT2D eigenvalue weighted by atomic mass is 32.1. The molecule has 1 saturated carbocycles. The number of phenols is 1. The molecule has 0 aliphatic heterocycles. The Labute approximate surface area is 149 Å². The maximum atomic E-state index is 12.4. The van der Waals surface area contributed by atoms with Gasteiger partial charge in [-0.2, -0.15) is 0 Å². The van der Waals surface area contributed by atoms with Crippen LogP contribution in [0.4, 0.5) is 4.79 Å². The molecule has 1 aliphatic carbocycles. The Morgan fingerprint density at radius 2 is 2.00 bits per heavy atom. The summed E-state index contributed by atoms with van der Waals surface area (Å²) in [5.41, 5.74) is 6.59. The van der Waals surface area contributed by atoms with Crippen LogP contribution in [0.3, 0.4) is 0 Å². The lowest BCUT2D eigenvalue weighted by molar-refractivity contribution is -0.123. The van der Waals surface area contributed by atoms with Gasteiger partial charge in [-0.15, -0.1) is 11.3 Å². The largest absolute Gasteiger partial charge is 0.508 e. The Kier molecular flexibility index (Phi) is 4.67. The standard InChI is InChI=1S/C18H19N2O4S/c1-11(12-4-5-12)24-17(23)20-18(16(19)22,15-3-2-10-25-15)13-6-8-14(21)9-7-13/h2-3,6-12,19,21H,4-5H2,1H3,(H,20,23). The van der Waals surface area contributed by atoms with Crippen molar-refractivity contribution < 1.29 is 19.4 Å². The number of benzene rings is 1. The number of amides is 2. The number of ether oxygens (including phenoxy) is 1. The summed E-state index contributed by atoms with van der Waals surface area (Å²) < 4.78 is 5.39. The van der Waals surface area contributed by atoms with Crippen molar-refractivity contribution in [3.63, 3.8) is 0 Å². The number of nitrogens with one attached hydrogen (secondary N) is 2. The van der Waals surface area contributed by atoms with Crippen molar-refractivity contribution in [1.29, 1.82) is 0 Å². The molecular weight excluding hydrogens is 340 g/mol. The van der Waals surface area contributed by atoms with E-state index in [9.17, 15) is 14.7 Å². The van der Waals surface area contributed by atoms with Crippen LogP contribution in [0.2, 0.25) is 0 Å². The van der Waals surface area contributed by atoms with Gasteiger partial charge in [0, 0.05) is 4.88 Å². The molecule has 1 fully saturated rings. The minimum absolute atomic E-state index is 0.0335. The highest BCUT2D eigenvalue weighted by molar-refractivity contribution is 7.10. The maximum absolute atomic E-state index is 12.4. The van der Waals surface area contributed by atoms with Crippen molar-refractivity contribution in [2.24, 2.45) is 5.92 Å². The van der Waals surface area contributed by atoms with Crippen LogP contribution in [-0.4, -0.2) is 23.2 Å². The number of hydrogen-bond donors (Lipinski definition) is 2. The first-order chi connectivity index (χ1) is 11.9. The van der Waals surface area contributed by atoms with E-state index in [1.54, 1.807) is 17.5 Å². The summed E-state index contributed by atoms with van der Waals surface area (Å²) in [6.45, 7) is 1.83. The second-order valence-corrected chi connectivity index (χ2v) is 7.12. The van der Waals surface area contributed by atoms with E-state index in [4.69, 9.17) is 10.5 Å². The van der Waals surface area contributed by atoms with E-state index in [1.807, 2.05) is 6.92 Å². The number of aromatic hydroxyl groups is 1. The lowest BCUT2D eigenvalue weighted by Gasteiger charge is -2.31. The highest BCUT2D eigenvalue weighted by Crippen LogP contribution is 2.36. The lowest BCUT2D eigenvalue weighted by atomic mass is 9.87. The van der Waals surface area contributed by atoms with Crippen LogP contribution in [0.1, 0.15) is 30.2 Å². The Hall–Kier alpha value is -2.54. The molecule has 2 amide bonds. The highest BCUT2D eigenvalue weighted by Gasteiger charge is 2.45. The molecule has 1 aliphatic rings. The summed E-state index contributed by atoms with van der Waals surface area (Å²) in [5.74, 6) is -0.579. The molecule has 1 aromatic heterocycles. The van der Waals surface area contributed by atoms with Gasteiger partial charge in [0.05, 0.1) is 0 Å². The normalized spacial score (nSPS) is 17.3. The van der Waals surface area contributed by atoms with Crippen molar-refractivity contribution in [3.8, 4) is 5.75 Å². The monoisotopic (exact) mass is 359 g/mol. The molecule has 0 bridgehead atoms. The lowest BCUT2D eigenvalue weighted by Crippen LogP contribution is -2.53. The van der Waals surface area contributed by atoms with Gasteiger partial charge in [-0.05, 0) is 54.8 Å². The first-order valence-corrected chi connectivity index (χ1v) is 8.90. The third kappa shape index (κ3) is 3.46. The minimum Gasteiger partial charge on any atom is -0.508 e. The zero-order chi connectivity index (χ0) is 18.0. The van der Waals surface area contributed by atoms with E-state index in [0.717, 1.165) is 12.8 Å². The van der Waals surface area contributed by atoms with Crippen LogP contribution in [0.25, 0.3) is 0 Å². The fourth-order valence-corrected chi connectivity index (χ4v) is 3.69. The van der Waals surface area contributed by atoms with Gasteiger partial charge in [-0.1, -0.05) is 18.2 Å². The number of phenolic OH excluding ortho intramolecular Hbond substituents is 1. The zero-order valence-corrected chi connectivity index (χ0v) is 14.5. The molecule has 1 aromatic carbocycles. The van der Waals surface area contributed by atoms with Crippen molar-refractivity contribution in [1.82, 2.24) is 11.1 Å². The van der Waals surface area contributed by atoms with Crippen molar-refractivity contribution >= 4 is 23.3 Å². The van der Waals surface area contributed by atoms with E-state index in [2.05, 4.69) is 5.32 Å². The van der Waals surface area contributed by atoms with Gasteiger partial charge in [0.25, 0.3) is 5.91 Å². The van der Waals surface area contributed by atoms with Gasteiger partial charge in [0.1, 0.15) is 11.9 Å². The topological polar surface area (TPSA) is 99.4 Å². The van der Waals surface area contributed by atoms with E-state index >= 15 is 0 Å². The summed E-state index contributed by atoms with van der Waals surface area (Å²) in [7, 11) is 0. The molecule has 1 radical (unpaired) electrons. The average Bonchev–Trinajstić information content (AvgIpc) is 3.28. The Morgan fingerprint density at radius 3 is 2.52 bits per heavy atom. The molecular formula is C18H19N2O4S. The van der Waals surface area contributed by atoms with Crippen LogP contribution in [0, 0.1) is 5.92 Å². The van der Waals surface area contributed by atoms with Gasteiger partial charge in [-0.25, -0.2) is 4.79 Å². The molecule has 3 rings (SSSR count). The molecule has 6 nitrogen and oxygen atoms in total. The summed E-state index contributed by atoms with van der Waals surface area (Å²) in [5, 5.41) is 13.9. The van der Waals surface area contributed by atoms with Crippen LogP contribution in [-0.2, 0) is 15.1 Å². The van der Waals surface area contributed by atoms with E-state index in [-0.39, 0.29) is 11.9 Å². The van der Waals surface area contributed by atoms with Crippen LogP contribution in [0.5, 0.6) is 5.75 Å². The molecule has 131 valence electrons. The van der Waals surface area contributed by atoms with Gasteiger partial charge >= 0.3 is 6.09 Å². The molecule has 2 aromatic rings. The summed E-state index contributed by atoms with van der Waals surface area (Å²) in [6, 6.07) is 9.31. The second-order valence-electron chi connectivity index (χ2n) is 6.18. The van der Waals surface area contributed by atoms with Crippen molar-refractivity contribution in [3.05, 3.63) is 52.2 Å². The molecule has 0 saturated heterocycles. The van der Waals surface area contributed by atoms with Gasteiger partial charge in [0.15, 0.2) is 5.54 Å². The molecule has 3 N–H and O–H groups in total. The quantitative estimate of drug-likeness (QED) is 0.828. The molecule has 7 heteroatoms. The number of alkyl carbamates (subject to hydrolysis) is 1. The fraction of sp³-hybridized carbons (Fsp3) is 0.333. The summed E-state index contributed by atoms with van der Waals surface area (Å²) >= 11 is 1.26. The smallest absolute Gasteiger partial charge is 0.408 e. The third-order valence-electron chi connectivity index (χ3n) is 4.40. The molecule has 0 spiro atoms. The van der Waals surface area contributed by atoms with E-state index in [0.29, 0.717) is 16.4 Å². The first-order valence-electron chi connectivity index (χ1n) is 8.02. The first kappa shape index (κ1) is 17.3. The molecule has 1 heterocycles. The minimum atomic E-state index is -1.66. The van der Waals surface area contributed by atoms with Crippen LogP contribution < -0.4 is 11.1 Å². The molecule has 2 atom stereocenters. The van der Waals surface area contributed by atoms with Gasteiger partial charge in [-0.3, -0.25) is 15.8 Å². The Morgan fingerprint density at radius 1 is 1.32 bits per heavy atom. The summed E-state index contributed by atoms with van der Waals surface area (Å²) in [6.07, 6.45) is 1.09. The number of carbonyl (C=O) groups is 2. The van der Waals surface area contributed by atoms with E-state index in [1.165, 1.54) is 35.6 Å². The number of hydrogen-bond acceptors (Lipinski definition) is 5. The predicted octanol–water partition coefficient (Wildman–Crippen LogP) is 3.03. The number of carbonyl (C=O) groups excluding carboxylic acids is 2. The van der Waals surface area contributed by atoms with Gasteiger partial charge in [0.2, 0.25) is 0 Å². The number of rotatable bonds is 6. The van der Waals surface area contributed by atoms with Crippen LogP contribution >= 0.6 is 11.3 Å². The average molecular weight is 359 g/mol. The third-order valence-corrected chi connectivity index (χ3v) is 5.39. The maximum Gasteiger partial charge on any atom is 0.408 e. The predicted molar refractivity (Wildman–Crippen MR) is 93.1 cm³/mol. The Balaban J connectivity index is 1.97. The van der Waals surface area contributed by atoms with Crippen LogP contribution in [0.15, 0.2) is 41.8 Å². The fourth-order valence-electron chi connectivity index (χ4n) is 2.79. The number of thiophene rings is 1. The van der Waals surface area contributed by atoms with E-state index < -0.39 is 17.5 Å². The summed E-state index contributed by atoms with van der Waals surface area (Å²) in [4.78, 5) is 25.3. The zero-order valence-electron chi connectivity index (χ0n) is 13.7. The molecule has 2 unspecified atom stereocenters.